The lowest BCUT2D eigenvalue weighted by Crippen LogP contribution is -2.39. The maximum atomic E-state index is 12.1. The van der Waals surface area contributed by atoms with Gasteiger partial charge in [-0.05, 0) is 47.9 Å². The monoisotopic (exact) mass is 607 g/mol. The van der Waals surface area contributed by atoms with E-state index in [1.54, 1.807) is 29.7 Å². The number of hydroxylamine groups is 1. The van der Waals surface area contributed by atoms with Crippen LogP contribution in [-0.2, 0) is 32.2 Å². The summed E-state index contributed by atoms with van der Waals surface area (Å²) in [4.78, 5) is 25.2. The van der Waals surface area contributed by atoms with E-state index in [0.717, 1.165) is 22.3 Å². The smallest absolute Gasteiger partial charge is 0.243 e. The first-order valence-electron chi connectivity index (χ1n) is 14.7. The minimum atomic E-state index is -0.780. The highest BCUT2D eigenvalue weighted by molar-refractivity contribution is 5.78. The molecule has 0 aromatic heterocycles. The number of rotatable bonds is 14. The van der Waals surface area contributed by atoms with Crippen molar-refractivity contribution in [3.8, 4) is 5.75 Å². The lowest BCUT2D eigenvalue weighted by atomic mass is 9.99. The second-order valence-electron chi connectivity index (χ2n) is 11.1. The zero-order valence-electron chi connectivity index (χ0n) is 24.8. The standard InChI is InChI=1S/C33H41N3O8/c1-36(20-29(39)26-4-2-5-27(38)16-26)19-28-17-30(24-12-10-23(21-37)11-13-24)44-33(43-28)25-14-8-22(9-15-25)18-34-31(40)6-3-7-32(41)35-42/h2,4-5,8-16,28-30,33,37-39,42H,3,6-7,17-21H2,1H3,(H,34,40)(H,35,41). The average Bonchev–Trinajstić information content (AvgIpc) is 3.03. The van der Waals surface area contributed by atoms with Crippen LogP contribution in [0.1, 0.15) is 72.0 Å². The number of likely N-dealkylation sites (N-methyl/N-ethyl adjacent to an activating group) is 1. The Morgan fingerprint density at radius 3 is 2.32 bits per heavy atom. The molecule has 0 radical (unpaired) electrons. The van der Waals surface area contributed by atoms with Gasteiger partial charge in [0.2, 0.25) is 11.8 Å². The predicted molar refractivity (Wildman–Crippen MR) is 161 cm³/mol. The number of phenolic OH excluding ortho intramolecular Hbond substituents is 1. The van der Waals surface area contributed by atoms with Gasteiger partial charge in [0.15, 0.2) is 6.29 Å². The van der Waals surface area contributed by atoms with Gasteiger partial charge in [0.1, 0.15) is 5.75 Å². The average molecular weight is 608 g/mol. The van der Waals surface area contributed by atoms with Crippen molar-refractivity contribution >= 4 is 11.8 Å². The van der Waals surface area contributed by atoms with Gasteiger partial charge in [0, 0.05) is 44.5 Å². The highest BCUT2D eigenvalue weighted by Gasteiger charge is 2.33. The molecule has 44 heavy (non-hydrogen) atoms. The number of hydrogen-bond acceptors (Lipinski definition) is 9. The van der Waals surface area contributed by atoms with Crippen LogP contribution in [0.2, 0.25) is 0 Å². The molecule has 11 heteroatoms. The number of carbonyl (C=O) groups is 2. The van der Waals surface area contributed by atoms with Crippen LogP contribution in [0.3, 0.4) is 0 Å². The van der Waals surface area contributed by atoms with Gasteiger partial charge in [-0.3, -0.25) is 14.8 Å². The topological polar surface area (TPSA) is 161 Å². The maximum Gasteiger partial charge on any atom is 0.243 e. The molecule has 1 aliphatic rings. The van der Waals surface area contributed by atoms with Crippen LogP contribution < -0.4 is 10.8 Å². The van der Waals surface area contributed by atoms with E-state index in [4.69, 9.17) is 14.7 Å². The SMILES string of the molecule is CN(CC1CC(c2ccc(CO)cc2)OC(c2ccc(CNC(=O)CCCC(=O)NO)cc2)O1)CC(O)c1cccc(O)c1. The molecule has 0 spiro atoms. The molecule has 0 aliphatic carbocycles. The third-order valence-corrected chi connectivity index (χ3v) is 7.54. The Hall–Kier alpha value is -3.84. The van der Waals surface area contributed by atoms with E-state index in [-0.39, 0.29) is 43.3 Å². The van der Waals surface area contributed by atoms with Crippen LogP contribution in [0.15, 0.2) is 72.8 Å². The molecule has 4 unspecified atom stereocenters. The third-order valence-electron chi connectivity index (χ3n) is 7.54. The van der Waals surface area contributed by atoms with Gasteiger partial charge in [-0.2, -0.15) is 0 Å². The molecule has 0 bridgehead atoms. The number of aliphatic hydroxyl groups excluding tert-OH is 2. The molecular formula is C33H41N3O8. The summed E-state index contributed by atoms with van der Waals surface area (Å²) in [5, 5.41) is 41.4. The zero-order chi connectivity index (χ0) is 31.5. The molecule has 1 saturated heterocycles. The Kier molecular flexibility index (Phi) is 12.2. The molecule has 2 amide bonds. The molecule has 11 nitrogen and oxygen atoms in total. The van der Waals surface area contributed by atoms with Crippen LogP contribution in [0.4, 0.5) is 0 Å². The van der Waals surface area contributed by atoms with Gasteiger partial charge in [-0.1, -0.05) is 60.7 Å². The molecule has 6 N–H and O–H groups in total. The Labute approximate surface area is 257 Å². The molecule has 4 atom stereocenters. The number of phenols is 1. The van der Waals surface area contributed by atoms with Gasteiger partial charge in [-0.25, -0.2) is 5.48 Å². The Balaban J connectivity index is 1.40. The molecular weight excluding hydrogens is 566 g/mol. The fourth-order valence-electron chi connectivity index (χ4n) is 5.13. The van der Waals surface area contributed by atoms with Gasteiger partial charge in [0.25, 0.3) is 0 Å². The number of hydrogen-bond donors (Lipinski definition) is 6. The predicted octanol–water partition coefficient (Wildman–Crippen LogP) is 3.39. The van der Waals surface area contributed by atoms with Crippen molar-refractivity contribution in [1.82, 2.24) is 15.7 Å². The first-order chi connectivity index (χ1) is 21.2. The van der Waals surface area contributed by atoms with Crippen molar-refractivity contribution in [3.05, 3.63) is 101 Å². The molecule has 1 heterocycles. The number of amides is 2. The van der Waals surface area contributed by atoms with Crippen molar-refractivity contribution in [2.45, 2.75) is 63.4 Å². The van der Waals surface area contributed by atoms with Crippen molar-refractivity contribution in [2.24, 2.45) is 0 Å². The quantitative estimate of drug-likeness (QED) is 0.119. The summed E-state index contributed by atoms with van der Waals surface area (Å²) in [7, 11) is 1.91. The highest BCUT2D eigenvalue weighted by Crippen LogP contribution is 2.38. The number of ether oxygens (including phenoxy) is 2. The second-order valence-corrected chi connectivity index (χ2v) is 11.1. The first-order valence-corrected chi connectivity index (χ1v) is 14.7. The van der Waals surface area contributed by atoms with Crippen LogP contribution in [0, 0.1) is 0 Å². The fourth-order valence-corrected chi connectivity index (χ4v) is 5.13. The van der Waals surface area contributed by atoms with E-state index in [9.17, 15) is 24.9 Å². The highest BCUT2D eigenvalue weighted by atomic mass is 16.7. The molecule has 236 valence electrons. The van der Waals surface area contributed by atoms with E-state index in [2.05, 4.69) is 5.32 Å². The Morgan fingerprint density at radius 2 is 1.64 bits per heavy atom. The number of nitrogens with zero attached hydrogens (tertiary/aromatic N) is 1. The minimum absolute atomic E-state index is 0.0415. The van der Waals surface area contributed by atoms with Crippen LogP contribution >= 0.6 is 0 Å². The summed E-state index contributed by atoms with van der Waals surface area (Å²) in [6.07, 6.45) is -0.737. The van der Waals surface area contributed by atoms with E-state index in [0.29, 0.717) is 38.0 Å². The Bertz CT molecular complexity index is 1350. The summed E-state index contributed by atoms with van der Waals surface area (Å²) in [5.74, 6) is -0.604. The van der Waals surface area contributed by atoms with Gasteiger partial charge >= 0.3 is 0 Å². The van der Waals surface area contributed by atoms with E-state index in [1.165, 1.54) is 0 Å². The Morgan fingerprint density at radius 1 is 0.955 bits per heavy atom. The summed E-state index contributed by atoms with van der Waals surface area (Å²) in [6.45, 7) is 1.16. The third kappa shape index (κ3) is 9.84. The van der Waals surface area contributed by atoms with E-state index >= 15 is 0 Å². The van der Waals surface area contributed by atoms with Crippen molar-refractivity contribution in [2.75, 3.05) is 20.1 Å². The molecule has 4 rings (SSSR count). The van der Waals surface area contributed by atoms with Crippen molar-refractivity contribution < 1.29 is 39.6 Å². The molecule has 3 aromatic carbocycles. The lowest BCUT2D eigenvalue weighted by molar-refractivity contribution is -0.252. The van der Waals surface area contributed by atoms with Crippen molar-refractivity contribution in [1.29, 1.82) is 0 Å². The van der Waals surface area contributed by atoms with Gasteiger partial charge in [-0.15, -0.1) is 0 Å². The number of aromatic hydroxyl groups is 1. The van der Waals surface area contributed by atoms with Crippen LogP contribution in [-0.4, -0.2) is 63.5 Å². The first kappa shape index (κ1) is 33.1. The second kappa shape index (κ2) is 16.3. The number of nitrogens with one attached hydrogen (secondary N) is 2. The molecule has 1 fully saturated rings. The number of aliphatic hydroxyl groups is 2. The fraction of sp³-hybridized carbons (Fsp3) is 0.394. The summed E-state index contributed by atoms with van der Waals surface area (Å²) in [6, 6.07) is 21.9. The van der Waals surface area contributed by atoms with Gasteiger partial charge < -0.3 is 35.0 Å². The number of carbonyl (C=O) groups excluding carboxylic acids is 2. The zero-order valence-corrected chi connectivity index (χ0v) is 24.8. The van der Waals surface area contributed by atoms with E-state index < -0.39 is 18.3 Å². The maximum absolute atomic E-state index is 12.1. The molecule has 1 aliphatic heterocycles. The molecule has 3 aromatic rings. The number of benzene rings is 3. The summed E-state index contributed by atoms with van der Waals surface area (Å²) < 4.78 is 12.8. The molecule has 0 saturated carbocycles. The van der Waals surface area contributed by atoms with Crippen molar-refractivity contribution in [3.63, 3.8) is 0 Å². The summed E-state index contributed by atoms with van der Waals surface area (Å²) in [5.41, 5.74) is 5.68. The minimum Gasteiger partial charge on any atom is -0.508 e. The summed E-state index contributed by atoms with van der Waals surface area (Å²) >= 11 is 0. The van der Waals surface area contributed by atoms with Crippen LogP contribution in [0.25, 0.3) is 0 Å². The lowest BCUT2D eigenvalue weighted by Gasteiger charge is -2.38. The normalized spacial score (nSPS) is 19.0. The largest absolute Gasteiger partial charge is 0.508 e. The van der Waals surface area contributed by atoms with Gasteiger partial charge in [0.05, 0.1) is 24.9 Å². The van der Waals surface area contributed by atoms with Crippen LogP contribution in [0.5, 0.6) is 5.75 Å². The van der Waals surface area contributed by atoms with E-state index in [1.807, 2.05) is 60.5 Å².